The van der Waals surface area contributed by atoms with Crippen molar-refractivity contribution in [2.24, 2.45) is 11.3 Å². The average Bonchev–Trinajstić information content (AvgIpc) is 3.42. The number of rotatable bonds is 7. The molecule has 7 nitrogen and oxygen atoms in total. The van der Waals surface area contributed by atoms with Crippen molar-refractivity contribution in [1.82, 2.24) is 20.1 Å². The lowest BCUT2D eigenvalue weighted by molar-refractivity contribution is -0.130. The van der Waals surface area contributed by atoms with Gasteiger partial charge in [0.15, 0.2) is 0 Å². The highest BCUT2D eigenvalue weighted by Gasteiger charge is 2.53. The number of aliphatic hydroxyl groups excluding tert-OH is 1. The van der Waals surface area contributed by atoms with Crippen molar-refractivity contribution in [3.8, 4) is 0 Å². The number of carbonyl (C=O) groups is 2. The highest BCUT2D eigenvalue weighted by atomic mass is 32.1. The van der Waals surface area contributed by atoms with Gasteiger partial charge in [-0.25, -0.2) is 0 Å². The van der Waals surface area contributed by atoms with Gasteiger partial charge < -0.3 is 15.3 Å². The first kappa shape index (κ1) is 20.0. The molecular weight excluding hydrogens is 388 g/mol. The maximum absolute atomic E-state index is 12.7. The van der Waals surface area contributed by atoms with Gasteiger partial charge in [0.05, 0.1) is 26.1 Å². The quantitative estimate of drug-likeness (QED) is 0.699. The van der Waals surface area contributed by atoms with Gasteiger partial charge in [0, 0.05) is 48.9 Å². The number of hydrogen-bond donors (Lipinski definition) is 2. The fraction of sp³-hybridized carbons (Fsp3) is 0.476. The van der Waals surface area contributed by atoms with Crippen LogP contribution in [0.4, 0.5) is 0 Å². The number of hydrogen-bond acceptors (Lipinski definition) is 6. The molecule has 0 aliphatic carbocycles. The van der Waals surface area contributed by atoms with Crippen LogP contribution in [0.2, 0.25) is 0 Å². The number of carbonyl (C=O) groups excluding carboxylic acids is 2. The predicted octanol–water partition coefficient (Wildman–Crippen LogP) is 0.755. The van der Waals surface area contributed by atoms with Gasteiger partial charge in [-0.15, -0.1) is 11.3 Å². The molecule has 2 N–H and O–H groups in total. The van der Waals surface area contributed by atoms with Gasteiger partial charge in [0.25, 0.3) is 0 Å². The van der Waals surface area contributed by atoms with Crippen LogP contribution in [0.25, 0.3) is 0 Å². The molecule has 8 heteroatoms. The Hall–Kier alpha value is -2.29. The van der Waals surface area contributed by atoms with Crippen molar-refractivity contribution in [2.45, 2.75) is 13.0 Å². The number of thiophene rings is 1. The Bertz CT molecular complexity index is 845. The summed E-state index contributed by atoms with van der Waals surface area (Å²) in [5.74, 6) is 0.256. The molecule has 2 aliphatic rings. The summed E-state index contributed by atoms with van der Waals surface area (Å²) in [7, 11) is 0. The molecule has 2 aromatic rings. The van der Waals surface area contributed by atoms with E-state index in [0.717, 1.165) is 17.0 Å². The fourth-order valence-electron chi connectivity index (χ4n) is 4.47. The van der Waals surface area contributed by atoms with Crippen LogP contribution in [0.3, 0.4) is 0 Å². The van der Waals surface area contributed by atoms with E-state index in [0.29, 0.717) is 39.1 Å². The van der Waals surface area contributed by atoms with E-state index in [9.17, 15) is 14.7 Å². The lowest BCUT2D eigenvalue weighted by Gasteiger charge is -2.27. The molecule has 2 saturated heterocycles. The monoisotopic (exact) mass is 414 g/mol. The van der Waals surface area contributed by atoms with Crippen LogP contribution in [0.15, 0.2) is 42.0 Å². The zero-order valence-corrected chi connectivity index (χ0v) is 17.1. The normalized spacial score (nSPS) is 23.9. The molecule has 29 heavy (non-hydrogen) atoms. The highest BCUT2D eigenvalue weighted by molar-refractivity contribution is 7.09. The minimum absolute atomic E-state index is 0.00373. The Labute approximate surface area is 174 Å². The lowest BCUT2D eigenvalue weighted by Crippen LogP contribution is -2.42. The third-order valence-corrected chi connectivity index (χ3v) is 6.86. The molecule has 2 aromatic heterocycles. The van der Waals surface area contributed by atoms with Gasteiger partial charge in [0.1, 0.15) is 0 Å². The van der Waals surface area contributed by atoms with E-state index in [2.05, 4.69) is 15.2 Å². The molecule has 0 bridgehead atoms. The molecule has 4 rings (SSSR count). The van der Waals surface area contributed by atoms with Crippen molar-refractivity contribution >= 4 is 23.2 Å². The van der Waals surface area contributed by atoms with Crippen LogP contribution in [-0.2, 0) is 22.6 Å². The second kappa shape index (κ2) is 8.61. The summed E-state index contributed by atoms with van der Waals surface area (Å²) in [5, 5.41) is 15.1. The van der Waals surface area contributed by atoms with Crippen molar-refractivity contribution < 1.29 is 14.7 Å². The zero-order chi connectivity index (χ0) is 20.3. The zero-order valence-electron chi connectivity index (χ0n) is 16.3. The minimum Gasteiger partial charge on any atom is -0.396 e. The van der Waals surface area contributed by atoms with Gasteiger partial charge >= 0.3 is 0 Å². The molecule has 2 fully saturated rings. The van der Waals surface area contributed by atoms with E-state index >= 15 is 0 Å². The Kier molecular flexibility index (Phi) is 5.94. The van der Waals surface area contributed by atoms with E-state index in [1.807, 2.05) is 34.5 Å². The molecule has 2 atom stereocenters. The van der Waals surface area contributed by atoms with Gasteiger partial charge in [-0.1, -0.05) is 12.1 Å². The molecule has 154 valence electrons. The lowest BCUT2D eigenvalue weighted by atomic mass is 9.82. The number of nitrogens with one attached hydrogen (secondary N) is 1. The summed E-state index contributed by atoms with van der Waals surface area (Å²) in [5.41, 5.74) is 0.565. The van der Waals surface area contributed by atoms with Crippen molar-refractivity contribution in [1.29, 1.82) is 0 Å². The first-order valence-electron chi connectivity index (χ1n) is 9.87. The second-order valence-electron chi connectivity index (χ2n) is 8.06. The third kappa shape index (κ3) is 4.49. The Morgan fingerprint density at radius 3 is 2.86 bits per heavy atom. The summed E-state index contributed by atoms with van der Waals surface area (Å²) in [6.07, 6.45) is 3.74. The number of aliphatic hydroxyl groups is 1. The average molecular weight is 415 g/mol. The third-order valence-electron chi connectivity index (χ3n) is 5.98. The minimum atomic E-state index is -0.335. The molecule has 0 aromatic carbocycles. The predicted molar refractivity (Wildman–Crippen MR) is 110 cm³/mol. The summed E-state index contributed by atoms with van der Waals surface area (Å²) < 4.78 is 0. The van der Waals surface area contributed by atoms with E-state index in [1.54, 1.807) is 23.7 Å². The van der Waals surface area contributed by atoms with Crippen molar-refractivity contribution in [2.75, 3.05) is 39.3 Å². The molecule has 2 aliphatic heterocycles. The van der Waals surface area contributed by atoms with Gasteiger partial charge in [-0.05, 0) is 29.0 Å². The summed E-state index contributed by atoms with van der Waals surface area (Å²) >= 11 is 1.62. The molecular formula is C21H26N4O3S. The van der Waals surface area contributed by atoms with Gasteiger partial charge in [-0.3, -0.25) is 19.5 Å². The van der Waals surface area contributed by atoms with E-state index in [1.165, 1.54) is 0 Å². The topological polar surface area (TPSA) is 85.8 Å². The van der Waals surface area contributed by atoms with Gasteiger partial charge in [0.2, 0.25) is 11.8 Å². The molecule has 0 radical (unpaired) electrons. The molecule has 0 spiro atoms. The number of nitrogens with zero attached hydrogens (tertiary/aromatic N) is 3. The Balaban J connectivity index is 1.30. The molecule has 4 heterocycles. The first-order chi connectivity index (χ1) is 14.1. The fourth-order valence-corrected chi connectivity index (χ4v) is 5.12. The van der Waals surface area contributed by atoms with E-state index < -0.39 is 0 Å². The molecule has 2 amide bonds. The molecule has 0 saturated carbocycles. The second-order valence-corrected chi connectivity index (χ2v) is 9.09. The first-order valence-corrected chi connectivity index (χ1v) is 10.7. The smallest absolute Gasteiger partial charge is 0.234 e. The SMILES string of the molecule is O=C(CN1C[C@H]2CN(C(=O)Cc3cccnc3)C[C@@]2(CO)C1)NCc1cccs1. The largest absolute Gasteiger partial charge is 0.396 e. The Morgan fingerprint density at radius 1 is 1.28 bits per heavy atom. The van der Waals surface area contributed by atoms with Crippen LogP contribution in [0, 0.1) is 11.3 Å². The van der Waals surface area contributed by atoms with Gasteiger partial charge in [-0.2, -0.15) is 0 Å². The van der Waals surface area contributed by atoms with E-state index in [-0.39, 0.29) is 29.8 Å². The van der Waals surface area contributed by atoms with Crippen LogP contribution in [-0.4, -0.2) is 71.0 Å². The summed E-state index contributed by atoms with van der Waals surface area (Å²) in [6, 6.07) is 7.71. The summed E-state index contributed by atoms with van der Waals surface area (Å²) in [6.45, 7) is 3.44. The molecule has 0 unspecified atom stereocenters. The van der Waals surface area contributed by atoms with E-state index in [4.69, 9.17) is 0 Å². The maximum atomic E-state index is 12.7. The number of fused-ring (bicyclic) bond motifs is 1. The standard InChI is InChI=1S/C21H26N4O3S/c26-15-21-13-24(12-19(27)23-9-18-4-2-6-29-18)10-17(21)11-25(14-21)20(28)7-16-3-1-5-22-8-16/h1-6,8,17,26H,7,9-15H2,(H,23,27)/t17-,21+/m0/s1. The van der Waals surface area contributed by atoms with Crippen LogP contribution < -0.4 is 5.32 Å². The highest BCUT2D eigenvalue weighted by Crippen LogP contribution is 2.42. The van der Waals surface area contributed by atoms with Crippen LogP contribution in [0.5, 0.6) is 0 Å². The van der Waals surface area contributed by atoms with Crippen molar-refractivity contribution in [3.05, 3.63) is 52.5 Å². The summed E-state index contributed by atoms with van der Waals surface area (Å²) in [4.78, 5) is 34.2. The Morgan fingerprint density at radius 2 is 2.17 bits per heavy atom. The number of aromatic nitrogens is 1. The number of amides is 2. The number of likely N-dealkylation sites (tertiary alicyclic amines) is 2. The van der Waals surface area contributed by atoms with Crippen LogP contribution >= 0.6 is 11.3 Å². The maximum Gasteiger partial charge on any atom is 0.234 e. The number of pyridine rings is 1. The van der Waals surface area contributed by atoms with Crippen molar-refractivity contribution in [3.63, 3.8) is 0 Å². The van der Waals surface area contributed by atoms with Crippen LogP contribution in [0.1, 0.15) is 10.4 Å².